The van der Waals surface area contributed by atoms with Gasteiger partial charge in [-0.05, 0) is 36.2 Å². The van der Waals surface area contributed by atoms with Crippen molar-refractivity contribution in [2.75, 3.05) is 0 Å². The molecule has 0 bridgehead atoms. The molecule has 1 saturated carbocycles. The van der Waals surface area contributed by atoms with E-state index in [1.54, 1.807) is 12.4 Å². The Bertz CT molecular complexity index is 854. The second-order valence-corrected chi connectivity index (χ2v) is 9.06. The highest BCUT2D eigenvalue weighted by molar-refractivity contribution is 5.34. The topological polar surface area (TPSA) is 25.8 Å². The second-order valence-electron chi connectivity index (χ2n) is 9.06. The zero-order valence-corrected chi connectivity index (χ0v) is 16.4. The third-order valence-electron chi connectivity index (χ3n) is 5.75. The molecule has 0 spiro atoms. The van der Waals surface area contributed by atoms with Crippen LogP contribution in [0.2, 0.25) is 0 Å². The maximum atomic E-state index is 14.3. The van der Waals surface area contributed by atoms with Crippen LogP contribution >= 0.6 is 0 Å². The molecule has 0 radical (unpaired) electrons. The summed E-state index contributed by atoms with van der Waals surface area (Å²) in [6, 6.07) is 0. The van der Waals surface area contributed by atoms with Gasteiger partial charge in [0, 0.05) is 28.9 Å². The summed E-state index contributed by atoms with van der Waals surface area (Å²) in [7, 11) is 0. The number of halogens is 4. The fourth-order valence-corrected chi connectivity index (χ4v) is 3.86. The molecule has 1 fully saturated rings. The Kier molecular flexibility index (Phi) is 4.60. The summed E-state index contributed by atoms with van der Waals surface area (Å²) in [6.07, 6.45) is 3.40. The van der Waals surface area contributed by atoms with Crippen molar-refractivity contribution in [1.82, 2.24) is 9.97 Å². The van der Waals surface area contributed by atoms with Crippen molar-refractivity contribution in [3.05, 3.63) is 58.2 Å². The first kappa shape index (κ1) is 19.8. The van der Waals surface area contributed by atoms with E-state index in [0.717, 1.165) is 12.5 Å². The smallest absolute Gasteiger partial charge is 0.165 e. The normalized spacial score (nSPS) is 21.4. The molecular weight excluding hydrogens is 356 g/mol. The van der Waals surface area contributed by atoms with E-state index >= 15 is 0 Å². The van der Waals surface area contributed by atoms with Gasteiger partial charge in [-0.15, -0.1) is 0 Å². The van der Waals surface area contributed by atoms with E-state index in [1.807, 2.05) is 34.6 Å². The largest absolute Gasteiger partial charge is 0.241 e. The Morgan fingerprint density at radius 3 is 1.85 bits per heavy atom. The summed E-state index contributed by atoms with van der Waals surface area (Å²) in [5.74, 6) is -4.72. The summed E-state index contributed by atoms with van der Waals surface area (Å²) < 4.78 is 56.2. The van der Waals surface area contributed by atoms with Gasteiger partial charge in [-0.2, -0.15) is 0 Å². The van der Waals surface area contributed by atoms with Gasteiger partial charge in [0.15, 0.2) is 23.3 Å². The van der Waals surface area contributed by atoms with Crippen molar-refractivity contribution >= 4 is 0 Å². The number of aromatic nitrogens is 2. The number of rotatable bonds is 3. The molecule has 1 aliphatic carbocycles. The number of hydrogen-bond donors (Lipinski definition) is 0. The van der Waals surface area contributed by atoms with Crippen molar-refractivity contribution in [2.24, 2.45) is 11.3 Å². The quantitative estimate of drug-likeness (QED) is 0.510. The minimum atomic E-state index is -1.32. The molecule has 0 aliphatic heterocycles. The number of hydrogen-bond acceptors (Lipinski definition) is 2. The summed E-state index contributed by atoms with van der Waals surface area (Å²) in [5, 5.41) is 0. The average Bonchev–Trinajstić information content (AvgIpc) is 3.14. The van der Waals surface area contributed by atoms with Gasteiger partial charge in [-0.3, -0.25) is 0 Å². The van der Waals surface area contributed by atoms with Gasteiger partial charge in [-0.1, -0.05) is 34.6 Å². The van der Waals surface area contributed by atoms with Crippen LogP contribution in [0.1, 0.15) is 63.1 Å². The van der Waals surface area contributed by atoms with Crippen LogP contribution in [0.5, 0.6) is 0 Å². The van der Waals surface area contributed by atoms with Gasteiger partial charge in [0.25, 0.3) is 0 Å². The molecule has 146 valence electrons. The number of benzene rings is 1. The molecular formula is C21H24F4N2. The maximum Gasteiger partial charge on any atom is 0.165 e. The standard InChI is InChI=1S/C21H24F4N2/c1-10-15(22)17(24)12(18(25)16(10)23)7-13-14(21(13,5)6)11-8-26-19(27-9-11)20(2,3)4/h8-9,13-14H,7H2,1-6H3/t13-,14-/m0/s1. The third kappa shape index (κ3) is 3.23. The predicted molar refractivity (Wildman–Crippen MR) is 95.5 cm³/mol. The molecule has 0 saturated heterocycles. The van der Waals surface area contributed by atoms with Crippen molar-refractivity contribution in [1.29, 1.82) is 0 Å². The van der Waals surface area contributed by atoms with Gasteiger partial charge in [0.05, 0.1) is 0 Å². The van der Waals surface area contributed by atoms with E-state index in [1.165, 1.54) is 0 Å². The van der Waals surface area contributed by atoms with Gasteiger partial charge in [0.1, 0.15) is 5.82 Å². The molecule has 2 aromatic rings. The van der Waals surface area contributed by atoms with Crippen LogP contribution < -0.4 is 0 Å². The Morgan fingerprint density at radius 2 is 1.41 bits per heavy atom. The van der Waals surface area contributed by atoms with Crippen LogP contribution in [0.15, 0.2) is 12.4 Å². The molecule has 1 aromatic heterocycles. The van der Waals surface area contributed by atoms with E-state index < -0.39 is 34.4 Å². The molecule has 27 heavy (non-hydrogen) atoms. The Morgan fingerprint density at radius 1 is 0.926 bits per heavy atom. The van der Waals surface area contributed by atoms with Crippen LogP contribution in [0, 0.1) is 41.5 Å². The second kappa shape index (κ2) is 6.28. The highest BCUT2D eigenvalue weighted by atomic mass is 19.2. The van der Waals surface area contributed by atoms with Crippen LogP contribution in [-0.2, 0) is 11.8 Å². The Labute approximate surface area is 157 Å². The van der Waals surface area contributed by atoms with Crippen LogP contribution in [0.25, 0.3) is 0 Å². The summed E-state index contributed by atoms with van der Waals surface area (Å²) in [6.45, 7) is 11.0. The van der Waals surface area contributed by atoms with Crippen molar-refractivity contribution in [2.45, 2.75) is 59.3 Å². The summed E-state index contributed by atoms with van der Waals surface area (Å²) in [4.78, 5) is 8.83. The zero-order chi connectivity index (χ0) is 20.3. The zero-order valence-electron chi connectivity index (χ0n) is 16.4. The average molecular weight is 380 g/mol. The van der Waals surface area contributed by atoms with E-state index in [0.29, 0.717) is 5.82 Å². The molecule has 2 nitrogen and oxygen atoms in total. The van der Waals surface area contributed by atoms with E-state index in [4.69, 9.17) is 0 Å². The summed E-state index contributed by atoms with van der Waals surface area (Å²) in [5.41, 5.74) is -0.745. The van der Waals surface area contributed by atoms with Gasteiger partial charge in [0.2, 0.25) is 0 Å². The molecule has 1 aromatic carbocycles. The van der Waals surface area contributed by atoms with Gasteiger partial charge >= 0.3 is 0 Å². The molecule has 0 unspecified atom stereocenters. The molecule has 0 amide bonds. The predicted octanol–water partition coefficient (Wildman–Crippen LogP) is 5.62. The molecule has 1 aliphatic rings. The molecule has 2 atom stereocenters. The van der Waals surface area contributed by atoms with E-state index in [2.05, 4.69) is 9.97 Å². The Balaban J connectivity index is 1.90. The lowest BCUT2D eigenvalue weighted by Gasteiger charge is -2.16. The van der Waals surface area contributed by atoms with Gasteiger partial charge < -0.3 is 0 Å². The molecule has 1 heterocycles. The molecule has 6 heteroatoms. The third-order valence-corrected chi connectivity index (χ3v) is 5.75. The lowest BCUT2D eigenvalue weighted by atomic mass is 9.95. The monoisotopic (exact) mass is 380 g/mol. The fourth-order valence-electron chi connectivity index (χ4n) is 3.86. The van der Waals surface area contributed by atoms with E-state index in [-0.39, 0.29) is 29.1 Å². The lowest BCUT2D eigenvalue weighted by Crippen LogP contribution is -2.15. The molecule has 0 N–H and O–H groups in total. The maximum absolute atomic E-state index is 14.3. The van der Waals surface area contributed by atoms with Crippen LogP contribution in [0.3, 0.4) is 0 Å². The van der Waals surface area contributed by atoms with Crippen molar-refractivity contribution < 1.29 is 17.6 Å². The first-order chi connectivity index (χ1) is 12.4. The van der Waals surface area contributed by atoms with Crippen LogP contribution in [0.4, 0.5) is 17.6 Å². The minimum absolute atomic E-state index is 0.0299. The lowest BCUT2D eigenvalue weighted by molar-refractivity contribution is 0.422. The SMILES string of the molecule is Cc1c(F)c(F)c(C[C@H]2[C@H](c3cnc(C(C)(C)C)nc3)C2(C)C)c(F)c1F. The van der Waals surface area contributed by atoms with Crippen molar-refractivity contribution in [3.63, 3.8) is 0 Å². The first-order valence-corrected chi connectivity index (χ1v) is 9.01. The van der Waals surface area contributed by atoms with E-state index in [9.17, 15) is 17.6 Å². The number of nitrogens with zero attached hydrogens (tertiary/aromatic N) is 2. The van der Waals surface area contributed by atoms with Crippen LogP contribution in [-0.4, -0.2) is 9.97 Å². The fraction of sp³-hybridized carbons (Fsp3) is 0.524. The van der Waals surface area contributed by atoms with Crippen molar-refractivity contribution in [3.8, 4) is 0 Å². The Hall–Kier alpha value is -1.98. The van der Waals surface area contributed by atoms with Gasteiger partial charge in [-0.25, -0.2) is 27.5 Å². The molecule has 3 rings (SSSR count). The highest BCUT2D eigenvalue weighted by Gasteiger charge is 2.58. The first-order valence-electron chi connectivity index (χ1n) is 9.01. The minimum Gasteiger partial charge on any atom is -0.241 e. The highest BCUT2D eigenvalue weighted by Crippen LogP contribution is 2.65. The summed E-state index contributed by atoms with van der Waals surface area (Å²) >= 11 is 0.